The van der Waals surface area contributed by atoms with E-state index in [4.69, 9.17) is 9.47 Å². The number of nitrogens with zero attached hydrogens (tertiary/aromatic N) is 1. The van der Waals surface area contributed by atoms with Crippen LogP contribution in [0.15, 0.2) is 24.4 Å². The van der Waals surface area contributed by atoms with Crippen molar-refractivity contribution >= 4 is 22.4 Å². The molecule has 2 aromatic rings. The van der Waals surface area contributed by atoms with Gasteiger partial charge in [-0.15, -0.1) is 11.3 Å². The summed E-state index contributed by atoms with van der Waals surface area (Å²) in [6.07, 6.45) is 1.37. The molecular weight excluding hydrogens is 326 g/mol. The van der Waals surface area contributed by atoms with Crippen molar-refractivity contribution < 1.29 is 23.0 Å². The molecule has 0 aliphatic carbocycles. The lowest BCUT2D eigenvalue weighted by Crippen LogP contribution is -2.39. The minimum Gasteiger partial charge on any atom is -0.376 e. The quantitative estimate of drug-likeness (QED) is 0.928. The molecule has 1 saturated heterocycles. The van der Waals surface area contributed by atoms with Gasteiger partial charge in [0.05, 0.1) is 19.8 Å². The summed E-state index contributed by atoms with van der Waals surface area (Å²) in [4.78, 5) is 16.9. The molecule has 2 heterocycles. The lowest BCUT2D eigenvalue weighted by molar-refractivity contribution is -0.142. The zero-order valence-corrected chi connectivity index (χ0v) is 12.9. The molecular formula is C15H14F2N2O3S. The number of amides is 1. The van der Waals surface area contributed by atoms with Gasteiger partial charge in [0.25, 0.3) is 5.91 Å². The van der Waals surface area contributed by atoms with Crippen LogP contribution in [-0.4, -0.2) is 36.8 Å². The fourth-order valence-corrected chi connectivity index (χ4v) is 2.97. The van der Waals surface area contributed by atoms with Crippen molar-refractivity contribution in [2.75, 3.05) is 25.1 Å². The minimum absolute atomic E-state index is 0.221. The second-order valence-electron chi connectivity index (χ2n) is 4.98. The third-order valence-electron chi connectivity index (χ3n) is 3.25. The standard InChI is InChI=1S/C15H14F2N2O3S/c16-11-2-1-9(6-12(11)17)5-10-7-18-15(23-10)19-14(20)13-8-21-3-4-22-13/h1-2,6-7,13H,3-5,8H2,(H,18,19,20). The van der Waals surface area contributed by atoms with Crippen molar-refractivity contribution in [1.82, 2.24) is 4.98 Å². The number of aromatic nitrogens is 1. The van der Waals surface area contributed by atoms with E-state index in [9.17, 15) is 13.6 Å². The van der Waals surface area contributed by atoms with Gasteiger partial charge in [-0.1, -0.05) is 6.07 Å². The molecule has 23 heavy (non-hydrogen) atoms. The number of carbonyl (C=O) groups excluding carboxylic acids is 1. The maximum atomic E-state index is 13.2. The highest BCUT2D eigenvalue weighted by Crippen LogP contribution is 2.22. The molecule has 1 N–H and O–H groups in total. The molecule has 5 nitrogen and oxygen atoms in total. The second-order valence-corrected chi connectivity index (χ2v) is 6.10. The van der Waals surface area contributed by atoms with Crippen molar-refractivity contribution in [3.63, 3.8) is 0 Å². The van der Waals surface area contributed by atoms with Gasteiger partial charge in [0.1, 0.15) is 0 Å². The smallest absolute Gasteiger partial charge is 0.257 e. The fourth-order valence-electron chi connectivity index (χ4n) is 2.12. The maximum Gasteiger partial charge on any atom is 0.257 e. The summed E-state index contributed by atoms with van der Waals surface area (Å²) in [7, 11) is 0. The monoisotopic (exact) mass is 340 g/mol. The number of benzene rings is 1. The van der Waals surface area contributed by atoms with Gasteiger partial charge in [-0.05, 0) is 17.7 Å². The summed E-state index contributed by atoms with van der Waals surface area (Å²) in [5.41, 5.74) is 0.634. The molecule has 0 spiro atoms. The van der Waals surface area contributed by atoms with Crippen molar-refractivity contribution in [3.05, 3.63) is 46.5 Å². The largest absolute Gasteiger partial charge is 0.376 e. The Bertz CT molecular complexity index is 702. The summed E-state index contributed by atoms with van der Waals surface area (Å²) in [5.74, 6) is -2.06. The van der Waals surface area contributed by atoms with Gasteiger partial charge in [0, 0.05) is 17.5 Å². The first-order chi connectivity index (χ1) is 11.1. The van der Waals surface area contributed by atoms with Crippen LogP contribution >= 0.6 is 11.3 Å². The van der Waals surface area contributed by atoms with E-state index in [1.807, 2.05) is 0 Å². The van der Waals surface area contributed by atoms with Crippen molar-refractivity contribution in [3.8, 4) is 0 Å². The number of rotatable bonds is 4. The van der Waals surface area contributed by atoms with Crippen molar-refractivity contribution in [2.24, 2.45) is 0 Å². The van der Waals surface area contributed by atoms with Gasteiger partial charge in [-0.2, -0.15) is 0 Å². The molecule has 1 amide bonds. The van der Waals surface area contributed by atoms with E-state index in [1.54, 1.807) is 6.20 Å². The summed E-state index contributed by atoms with van der Waals surface area (Å²) >= 11 is 1.27. The van der Waals surface area contributed by atoms with Crippen LogP contribution in [0.5, 0.6) is 0 Å². The highest BCUT2D eigenvalue weighted by atomic mass is 32.1. The number of carbonyl (C=O) groups is 1. The van der Waals surface area contributed by atoms with E-state index >= 15 is 0 Å². The highest BCUT2D eigenvalue weighted by molar-refractivity contribution is 7.15. The molecule has 1 aliphatic rings. The second kappa shape index (κ2) is 7.12. The van der Waals surface area contributed by atoms with Gasteiger partial charge in [-0.3, -0.25) is 10.1 Å². The molecule has 122 valence electrons. The Labute approximate surface area is 135 Å². The molecule has 1 aromatic carbocycles. The third-order valence-corrected chi connectivity index (χ3v) is 4.17. The average Bonchev–Trinajstić information content (AvgIpc) is 2.99. The molecule has 1 unspecified atom stereocenters. The van der Waals surface area contributed by atoms with Gasteiger partial charge in [-0.25, -0.2) is 13.8 Å². The van der Waals surface area contributed by atoms with Gasteiger partial charge >= 0.3 is 0 Å². The van der Waals surface area contributed by atoms with Crippen LogP contribution in [0.3, 0.4) is 0 Å². The Morgan fingerprint density at radius 1 is 1.35 bits per heavy atom. The van der Waals surface area contributed by atoms with E-state index in [0.717, 1.165) is 17.0 Å². The topological polar surface area (TPSA) is 60.5 Å². The first-order valence-electron chi connectivity index (χ1n) is 7.00. The molecule has 1 aliphatic heterocycles. The summed E-state index contributed by atoms with van der Waals surface area (Å²) in [6, 6.07) is 3.76. The van der Waals surface area contributed by atoms with Crippen LogP contribution in [0.25, 0.3) is 0 Å². The number of ether oxygens (including phenoxy) is 2. The van der Waals surface area contributed by atoms with Crippen LogP contribution in [0.2, 0.25) is 0 Å². The Morgan fingerprint density at radius 3 is 2.96 bits per heavy atom. The molecule has 0 radical (unpaired) electrons. The van der Waals surface area contributed by atoms with Crippen LogP contribution < -0.4 is 5.32 Å². The number of hydrogen-bond donors (Lipinski definition) is 1. The minimum atomic E-state index is -0.880. The maximum absolute atomic E-state index is 13.2. The SMILES string of the molecule is O=C(Nc1ncc(Cc2ccc(F)c(F)c2)s1)C1COCCO1. The number of thiazole rings is 1. The predicted molar refractivity (Wildman–Crippen MR) is 80.5 cm³/mol. The number of halogens is 2. The zero-order chi connectivity index (χ0) is 16.2. The fraction of sp³-hybridized carbons (Fsp3) is 0.333. The molecule has 8 heteroatoms. The van der Waals surface area contributed by atoms with Crippen LogP contribution in [-0.2, 0) is 20.7 Å². The van der Waals surface area contributed by atoms with Crippen molar-refractivity contribution in [1.29, 1.82) is 0 Å². The Kier molecular flexibility index (Phi) is 4.94. The number of nitrogens with one attached hydrogen (secondary N) is 1. The van der Waals surface area contributed by atoms with Gasteiger partial charge in [0.2, 0.25) is 0 Å². The molecule has 1 fully saturated rings. The molecule has 0 saturated carbocycles. The van der Waals surface area contributed by atoms with E-state index in [1.165, 1.54) is 17.4 Å². The lowest BCUT2D eigenvalue weighted by atomic mass is 10.1. The average molecular weight is 340 g/mol. The molecule has 3 rings (SSSR count). The van der Waals surface area contributed by atoms with Crippen LogP contribution in [0, 0.1) is 11.6 Å². The normalized spacial score (nSPS) is 17.9. The third kappa shape index (κ3) is 4.10. The van der Waals surface area contributed by atoms with Gasteiger partial charge < -0.3 is 9.47 Å². The van der Waals surface area contributed by atoms with Crippen molar-refractivity contribution in [2.45, 2.75) is 12.5 Å². The summed E-state index contributed by atoms with van der Waals surface area (Å²) in [5, 5.41) is 3.10. The van der Waals surface area contributed by atoms with E-state index in [2.05, 4.69) is 10.3 Å². The Morgan fingerprint density at radius 2 is 2.22 bits per heavy atom. The number of anilines is 1. The first kappa shape index (κ1) is 16.0. The van der Waals surface area contributed by atoms with Gasteiger partial charge in [0.15, 0.2) is 22.9 Å². The Hall–Kier alpha value is -1.90. The van der Waals surface area contributed by atoms with E-state index in [-0.39, 0.29) is 12.5 Å². The molecule has 1 aromatic heterocycles. The summed E-state index contributed by atoms with van der Waals surface area (Å²) in [6.45, 7) is 1.09. The van der Waals surface area contributed by atoms with Crippen LogP contribution in [0.4, 0.5) is 13.9 Å². The van der Waals surface area contributed by atoms with E-state index in [0.29, 0.717) is 30.3 Å². The van der Waals surface area contributed by atoms with E-state index < -0.39 is 17.7 Å². The lowest BCUT2D eigenvalue weighted by Gasteiger charge is -2.21. The van der Waals surface area contributed by atoms with Crippen LogP contribution in [0.1, 0.15) is 10.4 Å². The molecule has 0 bridgehead atoms. The zero-order valence-electron chi connectivity index (χ0n) is 12.1. The highest BCUT2D eigenvalue weighted by Gasteiger charge is 2.23. The Balaban J connectivity index is 1.61. The molecule has 1 atom stereocenters. The number of hydrogen-bond acceptors (Lipinski definition) is 5. The first-order valence-corrected chi connectivity index (χ1v) is 7.82. The predicted octanol–water partition coefficient (Wildman–Crippen LogP) is 2.37. The summed E-state index contributed by atoms with van der Waals surface area (Å²) < 4.78 is 36.6.